The summed E-state index contributed by atoms with van der Waals surface area (Å²) in [7, 11) is 0. The second-order valence-corrected chi connectivity index (χ2v) is 7.82. The van der Waals surface area contributed by atoms with E-state index in [0.29, 0.717) is 24.5 Å². The molecule has 148 valence electrons. The predicted molar refractivity (Wildman–Crippen MR) is 105 cm³/mol. The summed E-state index contributed by atoms with van der Waals surface area (Å²) in [6.45, 7) is 2.90. The predicted octanol–water partition coefficient (Wildman–Crippen LogP) is 2.30. The van der Waals surface area contributed by atoms with Gasteiger partial charge < -0.3 is 20.1 Å². The molecule has 3 N–H and O–H groups in total. The zero-order valence-electron chi connectivity index (χ0n) is 15.9. The highest BCUT2D eigenvalue weighted by Crippen LogP contribution is 2.39. The lowest BCUT2D eigenvalue weighted by Gasteiger charge is -2.28. The van der Waals surface area contributed by atoms with Crippen LogP contribution in [0.1, 0.15) is 31.5 Å². The summed E-state index contributed by atoms with van der Waals surface area (Å²) in [5.41, 5.74) is 6.74. The van der Waals surface area contributed by atoms with Gasteiger partial charge in [-0.25, -0.2) is 19.3 Å². The Morgan fingerprint density at radius 2 is 2.10 bits per heavy atom. The summed E-state index contributed by atoms with van der Waals surface area (Å²) in [4.78, 5) is 12.3. The summed E-state index contributed by atoms with van der Waals surface area (Å²) < 4.78 is 21.8. The third-order valence-corrected chi connectivity index (χ3v) is 5.57. The molecule has 0 aromatic carbocycles. The quantitative estimate of drug-likeness (QED) is 0.663. The largest absolute Gasteiger partial charge is 0.378 e. The van der Waals surface area contributed by atoms with Crippen LogP contribution < -0.4 is 5.73 Å². The van der Waals surface area contributed by atoms with E-state index in [9.17, 15) is 9.50 Å². The van der Waals surface area contributed by atoms with Crippen LogP contribution in [0.15, 0.2) is 24.7 Å². The van der Waals surface area contributed by atoms with Gasteiger partial charge >= 0.3 is 0 Å². The van der Waals surface area contributed by atoms with Crippen LogP contribution in [0.25, 0.3) is 22.2 Å². The molecule has 2 fully saturated rings. The minimum absolute atomic E-state index is 0.00355. The maximum Gasteiger partial charge on any atom is 0.220 e. The molecule has 29 heavy (non-hydrogen) atoms. The number of fused-ring (bicyclic) bond motifs is 1. The number of hydrogen-bond acceptors (Lipinski definition) is 6. The van der Waals surface area contributed by atoms with E-state index in [1.165, 1.54) is 0 Å². The Labute approximate surface area is 166 Å². The maximum atomic E-state index is 14.5. The molecule has 0 amide bonds. The number of rotatable bonds is 3. The molecule has 0 bridgehead atoms. The van der Waals surface area contributed by atoms with E-state index >= 15 is 0 Å². The minimum Gasteiger partial charge on any atom is -0.378 e. The summed E-state index contributed by atoms with van der Waals surface area (Å²) in [5.74, 6) is 5.57. The van der Waals surface area contributed by atoms with Gasteiger partial charge in [0.25, 0.3) is 0 Å². The summed E-state index contributed by atoms with van der Waals surface area (Å²) >= 11 is 0. The molecule has 1 saturated carbocycles. The molecular weight excluding hydrogens is 373 g/mol. The van der Waals surface area contributed by atoms with E-state index in [1.54, 1.807) is 19.2 Å². The van der Waals surface area contributed by atoms with Crippen LogP contribution in [-0.2, 0) is 4.74 Å². The van der Waals surface area contributed by atoms with E-state index in [0.717, 1.165) is 29.9 Å². The van der Waals surface area contributed by atoms with Crippen LogP contribution >= 0.6 is 0 Å². The normalized spacial score (nSPS) is 18.7. The number of hydrogen-bond donors (Lipinski definition) is 2. The van der Waals surface area contributed by atoms with Crippen molar-refractivity contribution in [3.8, 4) is 23.1 Å². The van der Waals surface area contributed by atoms with Gasteiger partial charge in [-0.3, -0.25) is 0 Å². The van der Waals surface area contributed by atoms with Crippen LogP contribution in [0.2, 0.25) is 0 Å². The Hall–Kier alpha value is -3.02. The number of aromatic nitrogens is 4. The molecule has 1 aliphatic carbocycles. The second kappa shape index (κ2) is 6.51. The minimum atomic E-state index is -1.03. The first-order valence-electron chi connectivity index (χ1n) is 9.54. The first kappa shape index (κ1) is 18.0. The third-order valence-electron chi connectivity index (χ3n) is 5.57. The highest BCUT2D eigenvalue weighted by atomic mass is 19.1. The number of nitrogen functional groups attached to an aromatic ring is 1. The zero-order chi connectivity index (χ0) is 20.2. The Balaban J connectivity index is 1.65. The van der Waals surface area contributed by atoms with Crippen LogP contribution in [0.4, 0.5) is 10.3 Å². The van der Waals surface area contributed by atoms with Crippen molar-refractivity contribution in [1.82, 2.24) is 19.5 Å². The van der Waals surface area contributed by atoms with Crippen LogP contribution in [0.5, 0.6) is 0 Å². The number of halogens is 1. The van der Waals surface area contributed by atoms with Crippen molar-refractivity contribution in [2.75, 3.05) is 18.9 Å². The van der Waals surface area contributed by atoms with Crippen molar-refractivity contribution >= 4 is 16.9 Å². The van der Waals surface area contributed by atoms with Gasteiger partial charge in [0.15, 0.2) is 5.82 Å². The molecule has 5 rings (SSSR count). The van der Waals surface area contributed by atoms with Gasteiger partial charge in [-0.1, -0.05) is 5.92 Å². The summed E-state index contributed by atoms with van der Waals surface area (Å²) in [6.07, 6.45) is 6.61. The van der Waals surface area contributed by atoms with Gasteiger partial charge in [0.2, 0.25) is 5.95 Å². The number of ether oxygens (including phenoxy) is 1. The Bertz CT molecular complexity index is 1170. The van der Waals surface area contributed by atoms with Crippen molar-refractivity contribution in [3.05, 3.63) is 36.2 Å². The topological polar surface area (TPSA) is 99.1 Å². The average Bonchev–Trinajstić information content (AvgIpc) is 3.45. The molecule has 1 atom stereocenters. The van der Waals surface area contributed by atoms with Crippen LogP contribution in [0, 0.1) is 23.6 Å². The number of nitrogens with two attached hydrogens (primary N) is 1. The van der Waals surface area contributed by atoms with Crippen molar-refractivity contribution in [2.24, 2.45) is 5.92 Å². The van der Waals surface area contributed by atoms with Gasteiger partial charge in [0.05, 0.1) is 37.2 Å². The van der Waals surface area contributed by atoms with Gasteiger partial charge in [-0.2, -0.15) is 0 Å². The fourth-order valence-corrected chi connectivity index (χ4v) is 3.60. The molecule has 0 radical (unpaired) electrons. The molecule has 7 nitrogen and oxygen atoms in total. The van der Waals surface area contributed by atoms with Crippen molar-refractivity contribution in [1.29, 1.82) is 0 Å². The first-order chi connectivity index (χ1) is 13.9. The van der Waals surface area contributed by atoms with E-state index < -0.39 is 11.4 Å². The van der Waals surface area contributed by atoms with E-state index in [1.807, 2.05) is 10.8 Å². The first-order valence-corrected chi connectivity index (χ1v) is 9.54. The lowest BCUT2D eigenvalue weighted by Crippen LogP contribution is -2.30. The summed E-state index contributed by atoms with van der Waals surface area (Å²) in [6, 6.07) is 1.96. The maximum absolute atomic E-state index is 14.5. The number of nitrogens with zero attached hydrogens (tertiary/aromatic N) is 4. The van der Waals surface area contributed by atoms with Crippen LogP contribution in [-0.4, -0.2) is 43.4 Å². The monoisotopic (exact) mass is 393 g/mol. The third kappa shape index (κ3) is 3.22. The molecule has 1 aliphatic heterocycles. The molecule has 0 spiro atoms. The van der Waals surface area contributed by atoms with Gasteiger partial charge in [-0.05, 0) is 37.7 Å². The number of aliphatic hydroxyl groups is 1. The van der Waals surface area contributed by atoms with E-state index in [4.69, 9.17) is 10.5 Å². The molecule has 3 aromatic rings. The molecule has 1 unspecified atom stereocenters. The summed E-state index contributed by atoms with van der Waals surface area (Å²) in [5, 5.41) is 11.2. The van der Waals surface area contributed by atoms with Gasteiger partial charge in [0.1, 0.15) is 17.0 Å². The molecular formula is C21H20FN5O2. The molecule has 8 heteroatoms. The SMILES string of the molecule is CC(O)(C#Cc1cc2c(-c3nc(N)ncc3F)cn(C3COC3)c2cn1)C1CC1. The standard InChI is InChI=1S/C21H20FN5O2/c1-21(28,12-2-3-12)5-4-13-6-15-16(19-17(22)7-25-20(23)26-19)9-27(14-10-29-11-14)18(15)8-24-13/h6-9,12,14,28H,2-3,10-11H2,1H3,(H2,23,25,26). The highest BCUT2D eigenvalue weighted by Gasteiger charge is 2.38. The molecule has 1 saturated heterocycles. The highest BCUT2D eigenvalue weighted by molar-refractivity contribution is 5.95. The van der Waals surface area contributed by atoms with Gasteiger partial charge in [-0.15, -0.1) is 0 Å². The van der Waals surface area contributed by atoms with Crippen LogP contribution in [0.3, 0.4) is 0 Å². The van der Waals surface area contributed by atoms with Crippen molar-refractivity contribution in [2.45, 2.75) is 31.4 Å². The molecule has 2 aliphatic rings. The fraction of sp³-hybridized carbons (Fsp3) is 0.381. The lowest BCUT2D eigenvalue weighted by molar-refractivity contribution is -0.0213. The average molecular weight is 393 g/mol. The molecule has 4 heterocycles. The van der Waals surface area contributed by atoms with Gasteiger partial charge in [0, 0.05) is 17.1 Å². The Morgan fingerprint density at radius 1 is 1.31 bits per heavy atom. The number of pyridine rings is 1. The Morgan fingerprint density at radius 3 is 2.79 bits per heavy atom. The Kier molecular flexibility index (Phi) is 4.05. The van der Waals surface area contributed by atoms with Crippen molar-refractivity contribution in [3.63, 3.8) is 0 Å². The smallest absolute Gasteiger partial charge is 0.220 e. The number of anilines is 1. The van der Waals surface area contributed by atoms with E-state index in [-0.39, 0.29) is 23.6 Å². The van der Waals surface area contributed by atoms with E-state index in [2.05, 4.69) is 26.8 Å². The fourth-order valence-electron chi connectivity index (χ4n) is 3.60. The lowest BCUT2D eigenvalue weighted by atomic mass is 10.0. The second-order valence-electron chi connectivity index (χ2n) is 7.82. The molecule has 3 aromatic heterocycles. The zero-order valence-corrected chi connectivity index (χ0v) is 15.9. The van der Waals surface area contributed by atoms with Crippen molar-refractivity contribution < 1.29 is 14.2 Å².